The van der Waals surface area contributed by atoms with Crippen molar-refractivity contribution in [2.24, 2.45) is 22.9 Å². The summed E-state index contributed by atoms with van der Waals surface area (Å²) in [4.78, 5) is 4.20. The summed E-state index contributed by atoms with van der Waals surface area (Å²) in [6.45, 7) is 4.96. The summed E-state index contributed by atoms with van der Waals surface area (Å²) in [6.07, 6.45) is 8.10. The lowest BCUT2D eigenvalue weighted by Crippen LogP contribution is -2.27. The number of imidazole rings is 1. The zero-order valence-electron chi connectivity index (χ0n) is 16.2. The first-order valence-electron chi connectivity index (χ1n) is 9.25. The van der Waals surface area contributed by atoms with Crippen molar-refractivity contribution in [1.29, 1.82) is 0 Å². The summed E-state index contributed by atoms with van der Waals surface area (Å²) in [5.74, 6) is 0.346. The third-order valence-electron chi connectivity index (χ3n) is 4.48. The van der Waals surface area contributed by atoms with E-state index >= 15 is 0 Å². The molecule has 0 amide bonds. The van der Waals surface area contributed by atoms with Gasteiger partial charge in [-0.2, -0.15) is 5.10 Å². The molecule has 0 aliphatic rings. The smallest absolute Gasteiger partial charge is 0.286 e. The van der Waals surface area contributed by atoms with Gasteiger partial charge < -0.3 is 5.73 Å². The molecule has 1 aromatic carbocycles. The highest BCUT2D eigenvalue weighted by Gasteiger charge is 2.15. The molecular formula is C21H27N6+. The van der Waals surface area contributed by atoms with Crippen molar-refractivity contribution in [3.63, 3.8) is 0 Å². The first kappa shape index (κ1) is 18.6. The van der Waals surface area contributed by atoms with E-state index in [0.29, 0.717) is 5.96 Å². The number of hydrazone groups is 1. The summed E-state index contributed by atoms with van der Waals surface area (Å²) in [5, 5.41) is 4.14. The van der Waals surface area contributed by atoms with Gasteiger partial charge in [0.1, 0.15) is 6.20 Å². The van der Waals surface area contributed by atoms with Gasteiger partial charge >= 0.3 is 0 Å². The van der Waals surface area contributed by atoms with Gasteiger partial charge in [0, 0.05) is 18.2 Å². The third-order valence-corrected chi connectivity index (χ3v) is 4.48. The van der Waals surface area contributed by atoms with Gasteiger partial charge in [-0.15, -0.1) is 0 Å². The Balaban J connectivity index is 1.71. The fourth-order valence-corrected chi connectivity index (χ4v) is 2.90. The highest BCUT2D eigenvalue weighted by atomic mass is 15.3. The van der Waals surface area contributed by atoms with Crippen molar-refractivity contribution < 1.29 is 4.40 Å². The number of guanidine groups is 1. The molecule has 0 saturated heterocycles. The summed E-state index contributed by atoms with van der Waals surface area (Å²) < 4.78 is 4.34. The summed E-state index contributed by atoms with van der Waals surface area (Å²) in [5.41, 5.74) is 14.2. The number of fused-ring (bicyclic) bond motifs is 1. The van der Waals surface area contributed by atoms with Crippen LogP contribution < -0.4 is 15.6 Å². The molecule has 0 bridgehead atoms. The topological polar surface area (TPSA) is 71.8 Å². The second-order valence-electron chi connectivity index (χ2n) is 6.66. The Morgan fingerprint density at radius 3 is 2.78 bits per heavy atom. The Hall–Kier alpha value is -3.15. The van der Waals surface area contributed by atoms with Crippen LogP contribution in [0.15, 0.2) is 58.9 Å². The van der Waals surface area contributed by atoms with Crippen LogP contribution >= 0.6 is 0 Å². The van der Waals surface area contributed by atoms with Gasteiger partial charge in [-0.05, 0) is 42.7 Å². The van der Waals surface area contributed by atoms with Crippen molar-refractivity contribution in [2.45, 2.75) is 26.7 Å². The van der Waals surface area contributed by atoms with Crippen LogP contribution in [0.5, 0.6) is 0 Å². The van der Waals surface area contributed by atoms with Crippen molar-refractivity contribution in [2.75, 3.05) is 6.54 Å². The fourth-order valence-electron chi connectivity index (χ4n) is 2.90. The van der Waals surface area contributed by atoms with Crippen LogP contribution in [-0.4, -0.2) is 23.3 Å². The number of rotatable bonds is 6. The van der Waals surface area contributed by atoms with Gasteiger partial charge in [-0.25, -0.2) is 14.4 Å². The zero-order chi connectivity index (χ0) is 19.2. The number of aliphatic imine (C=N–C) groups is 1. The first-order chi connectivity index (χ1) is 13.1. The van der Waals surface area contributed by atoms with Crippen LogP contribution in [0.1, 0.15) is 30.9 Å². The second-order valence-corrected chi connectivity index (χ2v) is 6.66. The van der Waals surface area contributed by atoms with Crippen LogP contribution in [-0.2, 0) is 7.05 Å². The average molecular weight is 363 g/mol. The minimum Gasteiger partial charge on any atom is -0.369 e. The number of pyridine rings is 1. The van der Waals surface area contributed by atoms with E-state index in [2.05, 4.69) is 82.0 Å². The summed E-state index contributed by atoms with van der Waals surface area (Å²) in [7, 11) is 2.09. The number of nitrogens with two attached hydrogens (primary N) is 1. The highest BCUT2D eigenvalue weighted by molar-refractivity contribution is 5.83. The Morgan fingerprint density at radius 2 is 2.04 bits per heavy atom. The molecule has 3 N–H and O–H groups in total. The molecule has 0 atom stereocenters. The average Bonchev–Trinajstić information content (AvgIpc) is 2.99. The van der Waals surface area contributed by atoms with Gasteiger partial charge in [0.25, 0.3) is 5.65 Å². The minimum absolute atomic E-state index is 0.346. The number of nitrogens with one attached hydrogen (secondary N) is 1. The Kier molecular flexibility index (Phi) is 5.86. The standard InChI is InChI=1S/C21H27N6/c1-4-5-11-23-21(22)25-24-14-17-6-8-18(9-7-17)19-15-27-12-10-16(2)13-20(27)26(19)3/h6-10,12-15H,4-5,11H2,1-3H3,(H3,22,23,25)/q+1/b24-14+. The highest BCUT2D eigenvalue weighted by Crippen LogP contribution is 2.20. The van der Waals surface area contributed by atoms with Gasteiger partial charge in [0.15, 0.2) is 5.69 Å². The first-order valence-corrected chi connectivity index (χ1v) is 9.25. The molecule has 6 heteroatoms. The number of hydrogen-bond acceptors (Lipinski definition) is 2. The Labute approximate surface area is 160 Å². The maximum atomic E-state index is 5.76. The van der Waals surface area contributed by atoms with E-state index < -0.39 is 0 Å². The second kappa shape index (κ2) is 8.49. The number of unbranched alkanes of at least 4 members (excludes halogenated alkanes) is 1. The number of aryl methyl sites for hydroxylation is 2. The lowest BCUT2D eigenvalue weighted by Gasteiger charge is -2.00. The van der Waals surface area contributed by atoms with E-state index in [9.17, 15) is 0 Å². The Bertz CT molecular complexity index is 966. The molecule has 0 aliphatic carbocycles. The molecule has 140 valence electrons. The van der Waals surface area contributed by atoms with E-state index in [0.717, 1.165) is 41.9 Å². The molecule has 2 heterocycles. The number of hydrogen-bond donors (Lipinski definition) is 2. The largest absolute Gasteiger partial charge is 0.369 e. The van der Waals surface area contributed by atoms with Gasteiger partial charge in [0.05, 0.1) is 19.5 Å². The molecule has 0 spiro atoms. The lowest BCUT2D eigenvalue weighted by molar-refractivity contribution is -0.510. The molecule has 0 radical (unpaired) electrons. The normalized spacial score (nSPS) is 12.2. The Morgan fingerprint density at radius 1 is 1.26 bits per heavy atom. The molecule has 0 aliphatic heterocycles. The fraction of sp³-hybridized carbons (Fsp3) is 0.286. The van der Waals surface area contributed by atoms with E-state index in [4.69, 9.17) is 5.73 Å². The zero-order valence-corrected chi connectivity index (χ0v) is 16.2. The maximum Gasteiger partial charge on any atom is 0.286 e. The molecule has 27 heavy (non-hydrogen) atoms. The van der Waals surface area contributed by atoms with Crippen molar-refractivity contribution in [3.05, 3.63) is 59.9 Å². The quantitative estimate of drug-likeness (QED) is 0.232. The van der Waals surface area contributed by atoms with Crippen molar-refractivity contribution in [3.8, 4) is 11.3 Å². The van der Waals surface area contributed by atoms with Crippen LogP contribution in [0.4, 0.5) is 0 Å². The lowest BCUT2D eigenvalue weighted by atomic mass is 10.1. The molecule has 3 rings (SSSR count). The molecular weight excluding hydrogens is 336 g/mol. The van der Waals surface area contributed by atoms with Gasteiger partial charge in [-0.3, -0.25) is 4.99 Å². The predicted molar refractivity (Wildman–Crippen MR) is 111 cm³/mol. The summed E-state index contributed by atoms with van der Waals surface area (Å²) >= 11 is 0. The van der Waals surface area contributed by atoms with Crippen LogP contribution in [0.25, 0.3) is 16.9 Å². The van der Waals surface area contributed by atoms with E-state index in [-0.39, 0.29) is 0 Å². The molecule has 2 aromatic heterocycles. The SMILES string of the molecule is CCCCN=C(N)N/N=C/c1ccc(-c2c[n+]3ccc(C)cc3n2C)cc1. The molecule has 0 fully saturated rings. The van der Waals surface area contributed by atoms with E-state index in [1.807, 2.05) is 12.1 Å². The molecule has 3 aromatic rings. The number of benzene rings is 1. The number of nitrogens with zero attached hydrogens (tertiary/aromatic N) is 4. The van der Waals surface area contributed by atoms with Crippen LogP contribution in [0.3, 0.4) is 0 Å². The van der Waals surface area contributed by atoms with Crippen LogP contribution in [0, 0.1) is 6.92 Å². The molecule has 0 saturated carbocycles. The van der Waals surface area contributed by atoms with Crippen molar-refractivity contribution in [1.82, 2.24) is 9.99 Å². The van der Waals surface area contributed by atoms with Crippen molar-refractivity contribution >= 4 is 17.8 Å². The third kappa shape index (κ3) is 4.53. The number of aromatic nitrogens is 2. The summed E-state index contributed by atoms with van der Waals surface area (Å²) in [6, 6.07) is 12.6. The molecule has 6 nitrogen and oxygen atoms in total. The maximum absolute atomic E-state index is 5.76. The predicted octanol–water partition coefficient (Wildman–Crippen LogP) is 2.78. The van der Waals surface area contributed by atoms with Gasteiger partial charge in [0.2, 0.25) is 5.96 Å². The molecule has 0 unspecified atom stereocenters. The van der Waals surface area contributed by atoms with Gasteiger partial charge in [-0.1, -0.05) is 25.5 Å². The minimum atomic E-state index is 0.346. The monoisotopic (exact) mass is 363 g/mol. The van der Waals surface area contributed by atoms with Crippen LogP contribution in [0.2, 0.25) is 0 Å². The van der Waals surface area contributed by atoms with E-state index in [1.165, 1.54) is 5.56 Å². The van der Waals surface area contributed by atoms with E-state index in [1.54, 1.807) is 6.21 Å².